The molecule has 0 saturated carbocycles. The molecular formula is C28H37FN4O5. The number of hydrogen-bond donors (Lipinski definition) is 3. The van der Waals surface area contributed by atoms with Gasteiger partial charge in [-0.15, -0.1) is 0 Å². The number of nitrogens with zero attached hydrogens (tertiary/aromatic N) is 1. The van der Waals surface area contributed by atoms with Gasteiger partial charge in [-0.25, -0.2) is 4.39 Å². The average molecular weight is 529 g/mol. The molecule has 1 aliphatic rings. The zero-order valence-corrected chi connectivity index (χ0v) is 22.9. The Balaban J connectivity index is 1.95. The second-order valence-corrected chi connectivity index (χ2v) is 10.3. The monoisotopic (exact) mass is 528 g/mol. The Morgan fingerprint density at radius 3 is 2.42 bits per heavy atom. The van der Waals surface area contributed by atoms with Crippen LogP contribution in [0.3, 0.4) is 0 Å². The number of amides is 1. The average Bonchev–Trinajstić information content (AvgIpc) is 3.15. The van der Waals surface area contributed by atoms with Crippen LogP contribution in [-0.2, 0) is 16.8 Å². The maximum atomic E-state index is 15.1. The standard InChI is InChI=1S/C28H37FN4O5/c1-16(34)32-20-12-17(11-19(28(2,3)4)25(20)38-10-8-7-9-30)21(35)15-33-14-18-13-22(36-5)26(37-6)24(29)23(18)27(33)31/h11-13,31H,7-10,14-15,30H2,1-6H3,(H,32,34). The van der Waals surface area contributed by atoms with Crippen molar-refractivity contribution in [3.8, 4) is 17.2 Å². The summed E-state index contributed by atoms with van der Waals surface area (Å²) in [6, 6.07) is 4.99. The third-order valence-electron chi connectivity index (χ3n) is 6.32. The van der Waals surface area contributed by atoms with Crippen molar-refractivity contribution in [1.29, 1.82) is 5.41 Å². The highest BCUT2D eigenvalue weighted by atomic mass is 19.1. The zero-order chi connectivity index (χ0) is 28.2. The van der Waals surface area contributed by atoms with E-state index in [4.69, 9.17) is 25.4 Å². The number of nitrogens with one attached hydrogen (secondary N) is 2. The number of unbranched alkanes of at least 4 members (excludes halogenated alkanes) is 1. The number of amidine groups is 1. The fourth-order valence-electron chi connectivity index (χ4n) is 4.43. The Kier molecular flexibility index (Phi) is 8.98. The van der Waals surface area contributed by atoms with Gasteiger partial charge in [0, 0.05) is 24.6 Å². The van der Waals surface area contributed by atoms with E-state index in [0.717, 1.165) is 18.4 Å². The second kappa shape index (κ2) is 11.8. The first-order chi connectivity index (χ1) is 17.9. The van der Waals surface area contributed by atoms with Crippen LogP contribution in [0, 0.1) is 11.2 Å². The molecule has 9 nitrogen and oxygen atoms in total. The molecule has 10 heteroatoms. The predicted molar refractivity (Wildman–Crippen MR) is 144 cm³/mol. The van der Waals surface area contributed by atoms with Crippen molar-refractivity contribution in [1.82, 2.24) is 4.90 Å². The van der Waals surface area contributed by atoms with Gasteiger partial charge in [0.05, 0.1) is 38.6 Å². The number of hydrogen-bond acceptors (Lipinski definition) is 7. The number of ether oxygens (including phenoxy) is 3. The maximum absolute atomic E-state index is 15.1. The van der Waals surface area contributed by atoms with Crippen LogP contribution in [-0.4, -0.2) is 56.3 Å². The maximum Gasteiger partial charge on any atom is 0.221 e. The van der Waals surface area contributed by atoms with Crippen molar-refractivity contribution < 1.29 is 28.2 Å². The van der Waals surface area contributed by atoms with Gasteiger partial charge in [-0.3, -0.25) is 15.0 Å². The SMILES string of the molecule is COc1cc2c(c(F)c1OC)C(=N)N(CC(=O)c1cc(NC(C)=O)c(OCCCCN)c(C(C)(C)C)c1)C2. The smallest absolute Gasteiger partial charge is 0.221 e. The highest BCUT2D eigenvalue weighted by molar-refractivity contribution is 6.06. The van der Waals surface area contributed by atoms with Gasteiger partial charge in [0.25, 0.3) is 0 Å². The lowest BCUT2D eigenvalue weighted by atomic mass is 9.84. The Morgan fingerprint density at radius 1 is 1.13 bits per heavy atom. The molecule has 2 aromatic carbocycles. The normalized spacial score (nSPS) is 12.8. The first-order valence-corrected chi connectivity index (χ1v) is 12.5. The molecule has 0 bridgehead atoms. The molecule has 3 rings (SSSR count). The molecule has 0 unspecified atom stereocenters. The van der Waals surface area contributed by atoms with Crippen LogP contribution in [0.4, 0.5) is 10.1 Å². The first kappa shape index (κ1) is 28.9. The molecule has 0 radical (unpaired) electrons. The van der Waals surface area contributed by atoms with Crippen molar-refractivity contribution in [3.05, 3.63) is 46.3 Å². The molecule has 0 spiro atoms. The minimum atomic E-state index is -0.694. The summed E-state index contributed by atoms with van der Waals surface area (Å²) >= 11 is 0. The minimum Gasteiger partial charge on any atom is -0.493 e. The molecular weight excluding hydrogens is 491 g/mol. The Bertz CT molecular complexity index is 1240. The zero-order valence-electron chi connectivity index (χ0n) is 22.9. The Labute approximate surface area is 222 Å². The van der Waals surface area contributed by atoms with E-state index >= 15 is 4.39 Å². The molecule has 0 aliphatic carbocycles. The van der Waals surface area contributed by atoms with Gasteiger partial charge in [-0.2, -0.15) is 0 Å². The highest BCUT2D eigenvalue weighted by Gasteiger charge is 2.33. The lowest BCUT2D eigenvalue weighted by Gasteiger charge is -2.26. The molecule has 0 saturated heterocycles. The minimum absolute atomic E-state index is 0.0824. The van der Waals surface area contributed by atoms with Crippen LogP contribution in [0.2, 0.25) is 0 Å². The summed E-state index contributed by atoms with van der Waals surface area (Å²) in [4.78, 5) is 27.0. The summed E-state index contributed by atoms with van der Waals surface area (Å²) in [7, 11) is 2.74. The Morgan fingerprint density at radius 2 is 1.84 bits per heavy atom. The molecule has 1 heterocycles. The molecule has 0 fully saturated rings. The molecule has 206 valence electrons. The number of methoxy groups -OCH3 is 2. The molecule has 0 aromatic heterocycles. The number of rotatable bonds is 11. The van der Waals surface area contributed by atoms with Crippen molar-refractivity contribution in [2.24, 2.45) is 5.73 Å². The number of anilines is 1. The molecule has 1 amide bonds. The van der Waals surface area contributed by atoms with Crippen LogP contribution >= 0.6 is 0 Å². The van der Waals surface area contributed by atoms with Gasteiger partial charge in [0.1, 0.15) is 11.6 Å². The number of Topliss-reactive ketones (excluding diaryl/α,β-unsaturated/α-hetero) is 1. The van der Waals surface area contributed by atoms with Crippen molar-refractivity contribution >= 4 is 23.2 Å². The van der Waals surface area contributed by atoms with Gasteiger partial charge in [-0.05, 0) is 48.6 Å². The number of fused-ring (bicyclic) bond motifs is 1. The van der Waals surface area contributed by atoms with Crippen LogP contribution in [0.25, 0.3) is 0 Å². The first-order valence-electron chi connectivity index (χ1n) is 12.5. The van der Waals surface area contributed by atoms with E-state index in [9.17, 15) is 9.59 Å². The van der Waals surface area contributed by atoms with E-state index in [2.05, 4.69) is 5.32 Å². The molecule has 38 heavy (non-hydrogen) atoms. The summed E-state index contributed by atoms with van der Waals surface area (Å²) in [5, 5.41) is 11.4. The van der Waals surface area contributed by atoms with Crippen LogP contribution in [0.1, 0.15) is 67.6 Å². The van der Waals surface area contributed by atoms with E-state index in [-0.39, 0.29) is 47.7 Å². The molecule has 2 aromatic rings. The van der Waals surface area contributed by atoms with Gasteiger partial charge in [-0.1, -0.05) is 20.8 Å². The number of carbonyl (C=O) groups is 2. The van der Waals surface area contributed by atoms with E-state index in [1.807, 2.05) is 20.8 Å². The summed E-state index contributed by atoms with van der Waals surface area (Å²) in [6.45, 7) is 8.37. The van der Waals surface area contributed by atoms with Crippen LogP contribution in [0.5, 0.6) is 17.2 Å². The summed E-state index contributed by atoms with van der Waals surface area (Å²) < 4.78 is 31.6. The summed E-state index contributed by atoms with van der Waals surface area (Å²) in [6.07, 6.45) is 1.56. The van der Waals surface area contributed by atoms with Crippen molar-refractivity contribution in [2.45, 2.75) is 52.5 Å². The van der Waals surface area contributed by atoms with Gasteiger partial charge >= 0.3 is 0 Å². The molecule has 1 aliphatic heterocycles. The van der Waals surface area contributed by atoms with Gasteiger partial charge in [0.15, 0.2) is 23.1 Å². The van der Waals surface area contributed by atoms with E-state index in [1.165, 1.54) is 26.0 Å². The summed E-state index contributed by atoms with van der Waals surface area (Å²) in [5.41, 5.74) is 7.34. The van der Waals surface area contributed by atoms with Crippen LogP contribution in [0.15, 0.2) is 18.2 Å². The predicted octanol–water partition coefficient (Wildman–Crippen LogP) is 4.24. The number of carbonyl (C=O) groups excluding carboxylic acids is 2. The Hall–Kier alpha value is -3.66. The van der Waals surface area contributed by atoms with E-state index in [1.54, 1.807) is 18.2 Å². The quantitative estimate of drug-likeness (QED) is 0.294. The highest BCUT2D eigenvalue weighted by Crippen LogP contribution is 2.40. The third-order valence-corrected chi connectivity index (χ3v) is 6.32. The fraction of sp³-hybridized carbons (Fsp3) is 0.464. The fourth-order valence-corrected chi connectivity index (χ4v) is 4.43. The lowest BCUT2D eigenvalue weighted by Crippen LogP contribution is -2.31. The molecule has 4 N–H and O–H groups in total. The van der Waals surface area contributed by atoms with Crippen molar-refractivity contribution in [3.63, 3.8) is 0 Å². The largest absolute Gasteiger partial charge is 0.493 e. The number of ketones is 1. The third kappa shape index (κ3) is 6.07. The lowest BCUT2D eigenvalue weighted by molar-refractivity contribution is -0.114. The van der Waals surface area contributed by atoms with Gasteiger partial charge < -0.3 is 30.2 Å². The summed E-state index contributed by atoms with van der Waals surface area (Å²) in [5.74, 6) is -0.720. The number of benzene rings is 2. The van der Waals surface area contributed by atoms with Crippen molar-refractivity contribution in [2.75, 3.05) is 39.2 Å². The van der Waals surface area contributed by atoms with Crippen LogP contribution < -0.4 is 25.3 Å². The van der Waals surface area contributed by atoms with Gasteiger partial charge in [0.2, 0.25) is 5.91 Å². The number of nitrogens with two attached hydrogens (primary N) is 1. The topological polar surface area (TPSA) is 127 Å². The molecule has 0 atom stereocenters. The van der Waals surface area contributed by atoms with E-state index < -0.39 is 11.2 Å². The second-order valence-electron chi connectivity index (χ2n) is 10.3. The number of halogens is 1. The van der Waals surface area contributed by atoms with E-state index in [0.29, 0.717) is 35.7 Å².